The Labute approximate surface area is 169 Å². The van der Waals surface area contributed by atoms with Crippen LogP contribution in [0.5, 0.6) is 11.5 Å². The number of furan rings is 2. The minimum absolute atomic E-state index is 0.159. The Hall–Kier alpha value is -3.15. The number of para-hydroxylation sites is 2. The van der Waals surface area contributed by atoms with Gasteiger partial charge in [-0.25, -0.2) is 0 Å². The Morgan fingerprint density at radius 3 is 2.59 bits per heavy atom. The summed E-state index contributed by atoms with van der Waals surface area (Å²) in [7, 11) is 0. The molecule has 0 bridgehead atoms. The molecule has 3 aromatic rings. The van der Waals surface area contributed by atoms with E-state index in [0.29, 0.717) is 42.2 Å². The number of hydrogen-bond donors (Lipinski definition) is 0. The number of rotatable bonds is 6. The average molecular weight is 393 g/mol. The van der Waals surface area contributed by atoms with Crippen LogP contribution in [0.1, 0.15) is 36.5 Å². The van der Waals surface area contributed by atoms with Gasteiger partial charge in [-0.15, -0.1) is 0 Å². The first-order valence-corrected chi connectivity index (χ1v) is 9.95. The third kappa shape index (κ3) is 3.75. The van der Waals surface area contributed by atoms with Crippen LogP contribution in [0.2, 0.25) is 0 Å². The summed E-state index contributed by atoms with van der Waals surface area (Å²) in [4.78, 5) is 15.0. The molecule has 5 rings (SSSR count). The van der Waals surface area contributed by atoms with Crippen molar-refractivity contribution in [2.45, 2.75) is 38.5 Å². The van der Waals surface area contributed by atoms with Gasteiger partial charge in [-0.3, -0.25) is 4.79 Å². The molecule has 150 valence electrons. The van der Waals surface area contributed by atoms with Crippen LogP contribution >= 0.6 is 0 Å². The summed E-state index contributed by atoms with van der Waals surface area (Å²) < 4.78 is 23.1. The van der Waals surface area contributed by atoms with Gasteiger partial charge in [0.15, 0.2) is 11.5 Å². The molecule has 29 heavy (non-hydrogen) atoms. The molecule has 0 spiro atoms. The van der Waals surface area contributed by atoms with Gasteiger partial charge in [0.1, 0.15) is 23.9 Å². The van der Waals surface area contributed by atoms with E-state index in [1.54, 1.807) is 17.2 Å². The largest absolute Gasteiger partial charge is 0.485 e. The van der Waals surface area contributed by atoms with Gasteiger partial charge in [0.05, 0.1) is 19.4 Å². The lowest BCUT2D eigenvalue weighted by Gasteiger charge is -2.30. The zero-order chi connectivity index (χ0) is 19.8. The number of amides is 1. The van der Waals surface area contributed by atoms with E-state index in [0.717, 1.165) is 17.9 Å². The molecule has 2 aliphatic rings. The van der Waals surface area contributed by atoms with Crippen molar-refractivity contribution in [1.29, 1.82) is 0 Å². The first-order chi connectivity index (χ1) is 14.2. The van der Waals surface area contributed by atoms with Crippen LogP contribution in [-0.2, 0) is 17.9 Å². The quantitative estimate of drug-likeness (QED) is 0.622. The van der Waals surface area contributed by atoms with Crippen LogP contribution < -0.4 is 9.47 Å². The maximum Gasteiger partial charge on any atom is 0.268 e. The normalized spacial score (nSPS) is 22.3. The number of ether oxygens (including phenoxy) is 2. The van der Waals surface area contributed by atoms with Crippen molar-refractivity contribution in [3.63, 3.8) is 0 Å². The molecule has 6 heteroatoms. The molecule has 0 radical (unpaired) electrons. The molecule has 3 atom stereocenters. The molecule has 1 fully saturated rings. The highest BCUT2D eigenvalue weighted by Gasteiger charge is 2.37. The summed E-state index contributed by atoms with van der Waals surface area (Å²) in [6.07, 6.45) is 2.06. The van der Waals surface area contributed by atoms with Crippen LogP contribution in [0, 0.1) is 5.92 Å². The molecule has 2 aromatic heterocycles. The Bertz CT molecular complexity index is 992. The van der Waals surface area contributed by atoms with Gasteiger partial charge in [-0.1, -0.05) is 19.1 Å². The minimum Gasteiger partial charge on any atom is -0.485 e. The second-order valence-corrected chi connectivity index (χ2v) is 7.76. The van der Waals surface area contributed by atoms with Crippen LogP contribution in [0.15, 0.2) is 63.6 Å². The van der Waals surface area contributed by atoms with Gasteiger partial charge in [-0.2, -0.15) is 0 Å². The molecule has 0 N–H and O–H groups in total. The van der Waals surface area contributed by atoms with Gasteiger partial charge in [0.25, 0.3) is 5.91 Å². The molecule has 1 aliphatic heterocycles. The van der Waals surface area contributed by atoms with Gasteiger partial charge in [0.2, 0.25) is 6.10 Å². The summed E-state index contributed by atoms with van der Waals surface area (Å²) in [5.74, 6) is 4.72. The van der Waals surface area contributed by atoms with Crippen molar-refractivity contribution in [2.75, 3.05) is 6.61 Å². The molecule has 1 saturated carbocycles. The first-order valence-electron chi connectivity index (χ1n) is 9.95. The molecule has 1 amide bonds. The van der Waals surface area contributed by atoms with E-state index >= 15 is 0 Å². The minimum atomic E-state index is -0.710. The number of hydrogen-bond acceptors (Lipinski definition) is 5. The van der Waals surface area contributed by atoms with E-state index < -0.39 is 6.10 Å². The van der Waals surface area contributed by atoms with Crippen molar-refractivity contribution >= 4 is 5.91 Å². The lowest BCUT2D eigenvalue weighted by molar-refractivity contribution is -0.143. The van der Waals surface area contributed by atoms with Gasteiger partial charge < -0.3 is 23.2 Å². The van der Waals surface area contributed by atoms with Crippen molar-refractivity contribution < 1.29 is 23.1 Å². The Morgan fingerprint density at radius 1 is 1.03 bits per heavy atom. The Kier molecular flexibility index (Phi) is 4.54. The Balaban J connectivity index is 1.34. The van der Waals surface area contributed by atoms with Crippen molar-refractivity contribution in [3.8, 4) is 11.5 Å². The SMILES string of the molecule is CC1CC1c1ccc(CN(Cc2ccco2)C(=O)C2COc3ccccc3O2)o1. The van der Waals surface area contributed by atoms with E-state index in [1.165, 1.54) is 0 Å². The first kappa shape index (κ1) is 17.9. The van der Waals surface area contributed by atoms with Crippen LogP contribution in [0.3, 0.4) is 0 Å². The second-order valence-electron chi connectivity index (χ2n) is 7.76. The van der Waals surface area contributed by atoms with E-state index in [4.69, 9.17) is 18.3 Å². The lowest BCUT2D eigenvalue weighted by atomic mass is 10.2. The highest BCUT2D eigenvalue weighted by molar-refractivity contribution is 5.82. The van der Waals surface area contributed by atoms with E-state index in [9.17, 15) is 4.79 Å². The maximum absolute atomic E-state index is 13.3. The molecule has 1 aliphatic carbocycles. The molecule has 1 aromatic carbocycles. The summed E-state index contributed by atoms with van der Waals surface area (Å²) in [6.45, 7) is 3.08. The predicted octanol–water partition coefficient (Wildman–Crippen LogP) is 4.36. The van der Waals surface area contributed by atoms with Gasteiger partial charge in [-0.05, 0) is 48.7 Å². The number of benzene rings is 1. The third-order valence-electron chi connectivity index (χ3n) is 5.53. The third-order valence-corrected chi connectivity index (χ3v) is 5.53. The standard InChI is InChI=1S/C23H23NO5/c1-15-11-18(15)19-9-8-17(28-19)13-24(12-16-5-4-10-26-16)23(25)22-14-27-20-6-2-3-7-21(20)29-22/h2-10,15,18,22H,11-14H2,1H3. The number of nitrogens with zero attached hydrogens (tertiary/aromatic N) is 1. The lowest BCUT2D eigenvalue weighted by Crippen LogP contribution is -2.45. The van der Waals surface area contributed by atoms with Gasteiger partial charge >= 0.3 is 0 Å². The summed E-state index contributed by atoms with van der Waals surface area (Å²) in [5, 5.41) is 0. The van der Waals surface area contributed by atoms with E-state index in [-0.39, 0.29) is 12.5 Å². The van der Waals surface area contributed by atoms with Crippen molar-refractivity contribution in [2.24, 2.45) is 5.92 Å². The fourth-order valence-corrected chi connectivity index (χ4v) is 3.73. The topological polar surface area (TPSA) is 65.1 Å². The molecule has 3 unspecified atom stereocenters. The monoisotopic (exact) mass is 393 g/mol. The predicted molar refractivity (Wildman–Crippen MR) is 105 cm³/mol. The zero-order valence-electron chi connectivity index (χ0n) is 16.2. The zero-order valence-corrected chi connectivity index (χ0v) is 16.2. The number of fused-ring (bicyclic) bond motifs is 1. The Morgan fingerprint density at radius 2 is 1.83 bits per heavy atom. The summed E-state index contributed by atoms with van der Waals surface area (Å²) in [6, 6.07) is 15.0. The van der Waals surface area contributed by atoms with Crippen LogP contribution in [0.25, 0.3) is 0 Å². The van der Waals surface area contributed by atoms with Crippen molar-refractivity contribution in [1.82, 2.24) is 4.90 Å². The smallest absolute Gasteiger partial charge is 0.268 e. The fourth-order valence-electron chi connectivity index (χ4n) is 3.73. The van der Waals surface area contributed by atoms with Crippen LogP contribution in [0.4, 0.5) is 0 Å². The number of carbonyl (C=O) groups excluding carboxylic acids is 1. The molecule has 6 nitrogen and oxygen atoms in total. The average Bonchev–Trinajstić information content (AvgIpc) is 3.14. The van der Waals surface area contributed by atoms with E-state index in [2.05, 4.69) is 6.92 Å². The molecular weight excluding hydrogens is 370 g/mol. The highest BCUT2D eigenvalue weighted by Crippen LogP contribution is 2.47. The second kappa shape index (κ2) is 7.35. The van der Waals surface area contributed by atoms with Gasteiger partial charge in [0, 0.05) is 5.92 Å². The molecular formula is C23H23NO5. The summed E-state index contributed by atoms with van der Waals surface area (Å²) >= 11 is 0. The van der Waals surface area contributed by atoms with Crippen LogP contribution in [-0.4, -0.2) is 23.5 Å². The van der Waals surface area contributed by atoms with E-state index in [1.807, 2.05) is 42.5 Å². The fraction of sp³-hybridized carbons (Fsp3) is 0.348. The molecule has 3 heterocycles. The number of carbonyl (C=O) groups is 1. The maximum atomic E-state index is 13.3. The van der Waals surface area contributed by atoms with Crippen molar-refractivity contribution in [3.05, 3.63) is 72.1 Å². The summed E-state index contributed by atoms with van der Waals surface area (Å²) in [5.41, 5.74) is 0. The molecule has 0 saturated heterocycles. The highest BCUT2D eigenvalue weighted by atomic mass is 16.6.